The number of hydrogen-bond acceptors (Lipinski definition) is 1. The first kappa shape index (κ1) is 10.7. The highest BCUT2D eigenvalue weighted by molar-refractivity contribution is 9.10. The molecule has 0 atom stereocenters. The highest BCUT2D eigenvalue weighted by Crippen LogP contribution is 2.22. The molecule has 1 nitrogen and oxygen atoms in total. The third-order valence-electron chi connectivity index (χ3n) is 2.08. The van der Waals surface area contributed by atoms with Crippen LogP contribution in [0.4, 0.5) is 0 Å². The zero-order valence-corrected chi connectivity index (χ0v) is 10.0. The molecule has 13 heavy (non-hydrogen) atoms. The summed E-state index contributed by atoms with van der Waals surface area (Å²) in [5, 5.41) is 3.32. The monoisotopic (exact) mass is 241 g/mol. The molecule has 0 aliphatic heterocycles. The van der Waals surface area contributed by atoms with Crippen LogP contribution in [0, 0.1) is 13.8 Å². The van der Waals surface area contributed by atoms with Gasteiger partial charge < -0.3 is 5.32 Å². The van der Waals surface area contributed by atoms with Crippen molar-refractivity contribution in [1.82, 2.24) is 5.32 Å². The Balaban J connectivity index is 2.86. The molecule has 0 amide bonds. The smallest absolute Gasteiger partial charge is 0.0233 e. The molecule has 1 aromatic rings. The summed E-state index contributed by atoms with van der Waals surface area (Å²) in [5.74, 6) is 0. The van der Waals surface area contributed by atoms with E-state index in [1.54, 1.807) is 0 Å². The SMILES string of the molecule is CCNCc1cc(C)c(Br)c(C)c1. The number of hydrogen-bond donors (Lipinski definition) is 1. The molecule has 0 aromatic heterocycles. The van der Waals surface area contributed by atoms with Crippen molar-refractivity contribution in [1.29, 1.82) is 0 Å². The van der Waals surface area contributed by atoms with Crippen LogP contribution < -0.4 is 5.32 Å². The minimum atomic E-state index is 0.964. The second-order valence-electron chi connectivity index (χ2n) is 3.32. The van der Waals surface area contributed by atoms with E-state index in [4.69, 9.17) is 0 Å². The molecule has 0 aliphatic carbocycles. The number of halogens is 1. The Morgan fingerprint density at radius 2 is 1.77 bits per heavy atom. The van der Waals surface area contributed by atoms with Gasteiger partial charge in [0.25, 0.3) is 0 Å². The lowest BCUT2D eigenvalue weighted by Crippen LogP contribution is -2.11. The summed E-state index contributed by atoms with van der Waals surface area (Å²) >= 11 is 3.56. The van der Waals surface area contributed by atoms with E-state index < -0.39 is 0 Å². The first-order valence-corrected chi connectivity index (χ1v) is 5.40. The lowest BCUT2D eigenvalue weighted by atomic mass is 10.1. The fourth-order valence-corrected chi connectivity index (χ4v) is 1.64. The molecule has 1 rings (SSSR count). The van der Waals surface area contributed by atoms with Gasteiger partial charge in [0.1, 0.15) is 0 Å². The van der Waals surface area contributed by atoms with Crippen molar-refractivity contribution in [3.05, 3.63) is 33.3 Å². The van der Waals surface area contributed by atoms with Crippen molar-refractivity contribution in [2.45, 2.75) is 27.3 Å². The summed E-state index contributed by atoms with van der Waals surface area (Å²) in [4.78, 5) is 0. The quantitative estimate of drug-likeness (QED) is 0.858. The largest absolute Gasteiger partial charge is 0.313 e. The van der Waals surface area contributed by atoms with Crippen LogP contribution in [0.25, 0.3) is 0 Å². The van der Waals surface area contributed by atoms with Gasteiger partial charge in [-0.2, -0.15) is 0 Å². The third-order valence-corrected chi connectivity index (χ3v) is 3.33. The summed E-state index contributed by atoms with van der Waals surface area (Å²) in [6, 6.07) is 4.44. The van der Waals surface area contributed by atoms with Crippen molar-refractivity contribution in [2.75, 3.05) is 6.54 Å². The molecule has 0 heterocycles. The van der Waals surface area contributed by atoms with Crippen LogP contribution >= 0.6 is 15.9 Å². The first-order valence-electron chi connectivity index (χ1n) is 4.61. The fourth-order valence-electron chi connectivity index (χ4n) is 1.41. The Hall–Kier alpha value is -0.340. The molecule has 0 bridgehead atoms. The Labute approximate surface area is 88.7 Å². The average Bonchev–Trinajstić information content (AvgIpc) is 2.10. The molecule has 0 saturated carbocycles. The Kier molecular flexibility index (Phi) is 3.94. The molecule has 0 aliphatic rings. The average molecular weight is 242 g/mol. The van der Waals surface area contributed by atoms with Gasteiger partial charge in [0.15, 0.2) is 0 Å². The van der Waals surface area contributed by atoms with Crippen LogP contribution in [0.2, 0.25) is 0 Å². The van der Waals surface area contributed by atoms with E-state index in [-0.39, 0.29) is 0 Å². The number of aryl methyl sites for hydroxylation is 2. The third kappa shape index (κ3) is 2.82. The first-order chi connectivity index (χ1) is 6.15. The van der Waals surface area contributed by atoms with Crippen LogP contribution in [0.3, 0.4) is 0 Å². The lowest BCUT2D eigenvalue weighted by Gasteiger charge is -2.08. The van der Waals surface area contributed by atoms with E-state index in [2.05, 4.69) is 54.2 Å². The predicted octanol–water partition coefficient (Wildman–Crippen LogP) is 3.18. The maximum atomic E-state index is 3.56. The van der Waals surface area contributed by atoms with E-state index >= 15 is 0 Å². The fraction of sp³-hybridized carbons (Fsp3) is 0.455. The highest BCUT2D eigenvalue weighted by Gasteiger charge is 2.01. The molecule has 2 heteroatoms. The van der Waals surface area contributed by atoms with E-state index in [1.165, 1.54) is 21.2 Å². The maximum absolute atomic E-state index is 3.56. The summed E-state index contributed by atoms with van der Waals surface area (Å²) in [6.07, 6.45) is 0. The van der Waals surface area contributed by atoms with Crippen molar-refractivity contribution in [3.8, 4) is 0 Å². The minimum absolute atomic E-state index is 0.964. The van der Waals surface area contributed by atoms with Gasteiger partial charge in [0, 0.05) is 11.0 Å². The Morgan fingerprint density at radius 1 is 1.23 bits per heavy atom. The molecule has 1 aromatic carbocycles. The Morgan fingerprint density at radius 3 is 2.23 bits per heavy atom. The van der Waals surface area contributed by atoms with Gasteiger partial charge in [-0.3, -0.25) is 0 Å². The number of rotatable bonds is 3. The van der Waals surface area contributed by atoms with E-state index in [1.807, 2.05) is 0 Å². The second kappa shape index (κ2) is 4.77. The summed E-state index contributed by atoms with van der Waals surface area (Å²) < 4.78 is 1.23. The van der Waals surface area contributed by atoms with Crippen molar-refractivity contribution >= 4 is 15.9 Å². The van der Waals surface area contributed by atoms with Crippen molar-refractivity contribution < 1.29 is 0 Å². The van der Waals surface area contributed by atoms with E-state index in [9.17, 15) is 0 Å². The molecule has 0 unspecified atom stereocenters. The second-order valence-corrected chi connectivity index (χ2v) is 4.12. The standard InChI is InChI=1S/C11H16BrN/c1-4-13-7-10-5-8(2)11(12)9(3)6-10/h5-6,13H,4,7H2,1-3H3. The minimum Gasteiger partial charge on any atom is -0.313 e. The maximum Gasteiger partial charge on any atom is 0.0233 e. The topological polar surface area (TPSA) is 12.0 Å². The van der Waals surface area contributed by atoms with Crippen LogP contribution in [0.5, 0.6) is 0 Å². The van der Waals surface area contributed by atoms with Crippen LogP contribution in [0.15, 0.2) is 16.6 Å². The van der Waals surface area contributed by atoms with Gasteiger partial charge in [-0.1, -0.05) is 35.0 Å². The Bertz CT molecular complexity index is 271. The molecule has 1 N–H and O–H groups in total. The van der Waals surface area contributed by atoms with Crippen LogP contribution in [0.1, 0.15) is 23.6 Å². The van der Waals surface area contributed by atoms with Gasteiger partial charge in [-0.05, 0) is 37.1 Å². The van der Waals surface area contributed by atoms with Crippen LogP contribution in [-0.2, 0) is 6.54 Å². The number of nitrogens with one attached hydrogen (secondary N) is 1. The van der Waals surface area contributed by atoms with Gasteiger partial charge in [-0.15, -0.1) is 0 Å². The van der Waals surface area contributed by atoms with Gasteiger partial charge >= 0.3 is 0 Å². The summed E-state index contributed by atoms with van der Waals surface area (Å²) in [6.45, 7) is 8.37. The molecular formula is C11H16BrN. The molecule has 72 valence electrons. The molecular weight excluding hydrogens is 226 g/mol. The normalized spacial score (nSPS) is 10.5. The van der Waals surface area contributed by atoms with E-state index in [0.717, 1.165) is 13.1 Å². The van der Waals surface area contributed by atoms with E-state index in [0.29, 0.717) is 0 Å². The predicted molar refractivity (Wildman–Crippen MR) is 61.0 cm³/mol. The lowest BCUT2D eigenvalue weighted by molar-refractivity contribution is 0.725. The molecule has 0 saturated heterocycles. The highest BCUT2D eigenvalue weighted by atomic mass is 79.9. The molecule has 0 spiro atoms. The number of benzene rings is 1. The molecule has 0 fully saturated rings. The van der Waals surface area contributed by atoms with Gasteiger partial charge in [-0.25, -0.2) is 0 Å². The summed E-state index contributed by atoms with van der Waals surface area (Å²) in [7, 11) is 0. The van der Waals surface area contributed by atoms with Crippen LogP contribution in [-0.4, -0.2) is 6.54 Å². The zero-order valence-electron chi connectivity index (χ0n) is 8.45. The summed E-state index contributed by atoms with van der Waals surface area (Å²) in [5.41, 5.74) is 3.99. The van der Waals surface area contributed by atoms with Crippen molar-refractivity contribution in [3.63, 3.8) is 0 Å². The zero-order chi connectivity index (χ0) is 9.84. The van der Waals surface area contributed by atoms with Gasteiger partial charge in [0.05, 0.1) is 0 Å². The van der Waals surface area contributed by atoms with Gasteiger partial charge in [0.2, 0.25) is 0 Å². The molecule has 0 radical (unpaired) electrons. The van der Waals surface area contributed by atoms with Crippen molar-refractivity contribution in [2.24, 2.45) is 0 Å².